The highest BCUT2D eigenvalue weighted by Crippen LogP contribution is 2.35. The van der Waals surface area contributed by atoms with Gasteiger partial charge in [0.2, 0.25) is 5.91 Å². The third-order valence-electron chi connectivity index (χ3n) is 4.41. The van der Waals surface area contributed by atoms with Gasteiger partial charge in [-0.25, -0.2) is 0 Å². The van der Waals surface area contributed by atoms with Crippen LogP contribution >= 0.6 is 0 Å². The number of amides is 1. The largest absolute Gasteiger partial charge is 0.494 e. The molecule has 0 radical (unpaired) electrons. The molecule has 1 amide bonds. The second kappa shape index (κ2) is 7.07. The maximum absolute atomic E-state index is 12.1. The zero-order valence-corrected chi connectivity index (χ0v) is 13.9. The summed E-state index contributed by atoms with van der Waals surface area (Å²) in [5, 5.41) is 3.02. The summed E-state index contributed by atoms with van der Waals surface area (Å²) in [5.74, 6) is 2.26. The average molecular weight is 315 g/mol. The van der Waals surface area contributed by atoms with Gasteiger partial charge in [0.25, 0.3) is 0 Å². The first-order valence-corrected chi connectivity index (χ1v) is 8.54. The highest BCUT2D eigenvalue weighted by atomic mass is 16.5. The smallest absolute Gasteiger partial charge is 0.220 e. The molecule has 4 nitrogen and oxygen atoms in total. The summed E-state index contributed by atoms with van der Waals surface area (Å²) < 4.78 is 11.6. The van der Waals surface area contributed by atoms with Crippen LogP contribution in [0.25, 0.3) is 0 Å². The van der Waals surface area contributed by atoms with Gasteiger partial charge < -0.3 is 14.8 Å². The van der Waals surface area contributed by atoms with Crippen LogP contribution in [0.1, 0.15) is 44.2 Å². The van der Waals surface area contributed by atoms with Gasteiger partial charge in [-0.1, -0.05) is 12.2 Å². The molecule has 3 rings (SSSR count). The number of allylic oxidation sites excluding steroid dienone is 2. The first-order valence-electron chi connectivity index (χ1n) is 8.54. The van der Waals surface area contributed by atoms with Crippen molar-refractivity contribution in [1.82, 2.24) is 5.32 Å². The van der Waals surface area contributed by atoms with E-state index in [4.69, 9.17) is 9.47 Å². The zero-order chi connectivity index (χ0) is 16.2. The van der Waals surface area contributed by atoms with Crippen LogP contribution in [0.2, 0.25) is 0 Å². The summed E-state index contributed by atoms with van der Waals surface area (Å²) in [4.78, 5) is 12.1. The molecule has 0 saturated heterocycles. The molecule has 2 atom stereocenters. The highest BCUT2D eigenvalue weighted by molar-refractivity contribution is 5.76. The maximum atomic E-state index is 12.1. The summed E-state index contributed by atoms with van der Waals surface area (Å²) in [6.07, 6.45) is 8.17. The molecule has 0 spiro atoms. The van der Waals surface area contributed by atoms with E-state index in [1.54, 1.807) is 0 Å². The van der Waals surface area contributed by atoms with Gasteiger partial charge in [-0.2, -0.15) is 0 Å². The summed E-state index contributed by atoms with van der Waals surface area (Å²) in [7, 11) is 0. The van der Waals surface area contributed by atoms with Crippen molar-refractivity contribution in [2.24, 2.45) is 5.92 Å². The fourth-order valence-electron chi connectivity index (χ4n) is 3.28. The number of ether oxygens (including phenoxy) is 2. The summed E-state index contributed by atoms with van der Waals surface area (Å²) in [5.41, 5.74) is 2.17. The molecule has 0 bridgehead atoms. The molecular weight excluding hydrogens is 290 g/mol. The number of nitrogens with one attached hydrogen (secondary N) is 1. The third-order valence-corrected chi connectivity index (χ3v) is 4.41. The minimum absolute atomic E-state index is 0.0961. The van der Waals surface area contributed by atoms with Gasteiger partial charge in [0.1, 0.15) is 17.6 Å². The molecule has 0 fully saturated rings. The second-order valence-corrected chi connectivity index (χ2v) is 6.38. The Hall–Kier alpha value is -1.97. The molecule has 23 heavy (non-hydrogen) atoms. The molecule has 1 aliphatic carbocycles. The third kappa shape index (κ3) is 3.87. The summed E-state index contributed by atoms with van der Waals surface area (Å²) >= 11 is 0. The summed E-state index contributed by atoms with van der Waals surface area (Å²) in [6.45, 7) is 5.14. The first kappa shape index (κ1) is 15.9. The molecule has 124 valence electrons. The molecule has 1 aromatic rings. The maximum Gasteiger partial charge on any atom is 0.220 e. The van der Waals surface area contributed by atoms with Crippen LogP contribution in [-0.2, 0) is 17.8 Å². The summed E-state index contributed by atoms with van der Waals surface area (Å²) in [6, 6.07) is 4.07. The number of fused-ring (bicyclic) bond motifs is 1. The molecule has 1 N–H and O–H groups in total. The van der Waals surface area contributed by atoms with Gasteiger partial charge in [-0.3, -0.25) is 4.79 Å². The van der Waals surface area contributed by atoms with E-state index in [1.807, 2.05) is 13.0 Å². The number of hydrogen-bond donors (Lipinski definition) is 1. The van der Waals surface area contributed by atoms with Crippen molar-refractivity contribution in [1.29, 1.82) is 0 Å². The van der Waals surface area contributed by atoms with Crippen LogP contribution in [0.5, 0.6) is 11.5 Å². The van der Waals surface area contributed by atoms with Crippen molar-refractivity contribution in [3.8, 4) is 11.5 Å². The number of rotatable bonds is 6. The predicted molar refractivity (Wildman–Crippen MR) is 89.7 cm³/mol. The molecule has 0 aromatic heterocycles. The van der Waals surface area contributed by atoms with E-state index in [0.717, 1.165) is 36.3 Å². The Morgan fingerprint density at radius 3 is 3.04 bits per heavy atom. The molecule has 1 aliphatic heterocycles. The van der Waals surface area contributed by atoms with Gasteiger partial charge in [-0.05, 0) is 44.7 Å². The van der Waals surface area contributed by atoms with Crippen LogP contribution in [0.3, 0.4) is 0 Å². The fraction of sp³-hybridized carbons (Fsp3) is 0.526. The van der Waals surface area contributed by atoms with E-state index < -0.39 is 0 Å². The van der Waals surface area contributed by atoms with Crippen LogP contribution in [0.4, 0.5) is 0 Å². The highest BCUT2D eigenvalue weighted by Gasteiger charge is 2.22. The van der Waals surface area contributed by atoms with E-state index in [0.29, 0.717) is 25.5 Å². The van der Waals surface area contributed by atoms with E-state index in [1.165, 1.54) is 5.56 Å². The SMILES string of the molecule is CCOc1cc2c(cc1CNC(=O)CC1C=CCC1)OC(C)C2. The molecule has 4 heteroatoms. The Morgan fingerprint density at radius 2 is 2.30 bits per heavy atom. The lowest BCUT2D eigenvalue weighted by atomic mass is 10.0. The molecular formula is C19H25NO3. The number of carbonyl (C=O) groups excluding carboxylic acids is 1. The Morgan fingerprint density at radius 1 is 1.43 bits per heavy atom. The molecule has 2 unspecified atom stereocenters. The van der Waals surface area contributed by atoms with E-state index in [-0.39, 0.29) is 12.0 Å². The molecule has 1 aromatic carbocycles. The van der Waals surface area contributed by atoms with Crippen molar-refractivity contribution in [2.75, 3.05) is 6.61 Å². The van der Waals surface area contributed by atoms with Crippen molar-refractivity contribution < 1.29 is 14.3 Å². The zero-order valence-electron chi connectivity index (χ0n) is 13.9. The lowest BCUT2D eigenvalue weighted by Crippen LogP contribution is -2.24. The second-order valence-electron chi connectivity index (χ2n) is 6.38. The van der Waals surface area contributed by atoms with Gasteiger partial charge in [0, 0.05) is 30.5 Å². The minimum Gasteiger partial charge on any atom is -0.494 e. The monoisotopic (exact) mass is 315 g/mol. The van der Waals surface area contributed by atoms with Crippen molar-refractivity contribution in [2.45, 2.75) is 52.2 Å². The van der Waals surface area contributed by atoms with Crippen molar-refractivity contribution >= 4 is 5.91 Å². The Kier molecular flexibility index (Phi) is 4.89. The Balaban J connectivity index is 1.65. The van der Waals surface area contributed by atoms with Gasteiger partial charge in [0.05, 0.1) is 6.61 Å². The molecule has 1 heterocycles. The lowest BCUT2D eigenvalue weighted by Gasteiger charge is -2.14. The standard InChI is InChI=1S/C19H25NO3/c1-3-22-17-10-15-8-13(2)23-18(15)11-16(17)12-20-19(21)9-14-6-4-5-7-14/h4,6,10-11,13-14H,3,5,7-9,12H2,1-2H3,(H,20,21). The Bertz CT molecular complexity index is 609. The Labute approximate surface area is 137 Å². The average Bonchev–Trinajstić information content (AvgIpc) is 3.13. The van der Waals surface area contributed by atoms with Crippen LogP contribution in [0.15, 0.2) is 24.3 Å². The lowest BCUT2D eigenvalue weighted by molar-refractivity contribution is -0.121. The normalized spacial score (nSPS) is 21.8. The minimum atomic E-state index is 0.0961. The van der Waals surface area contributed by atoms with Gasteiger partial charge >= 0.3 is 0 Å². The van der Waals surface area contributed by atoms with E-state index in [2.05, 4.69) is 30.5 Å². The van der Waals surface area contributed by atoms with Gasteiger partial charge in [0.15, 0.2) is 0 Å². The van der Waals surface area contributed by atoms with Crippen LogP contribution < -0.4 is 14.8 Å². The first-order chi connectivity index (χ1) is 11.2. The van der Waals surface area contributed by atoms with Crippen molar-refractivity contribution in [3.63, 3.8) is 0 Å². The van der Waals surface area contributed by atoms with Crippen molar-refractivity contribution in [3.05, 3.63) is 35.4 Å². The topological polar surface area (TPSA) is 47.6 Å². The van der Waals surface area contributed by atoms with Crippen LogP contribution in [0, 0.1) is 5.92 Å². The van der Waals surface area contributed by atoms with E-state index in [9.17, 15) is 4.79 Å². The number of hydrogen-bond acceptors (Lipinski definition) is 3. The van der Waals surface area contributed by atoms with E-state index >= 15 is 0 Å². The number of benzene rings is 1. The number of carbonyl (C=O) groups is 1. The fourth-order valence-corrected chi connectivity index (χ4v) is 3.28. The molecule has 0 saturated carbocycles. The predicted octanol–water partition coefficient (Wildman–Crippen LogP) is 3.38. The van der Waals surface area contributed by atoms with Crippen LogP contribution in [-0.4, -0.2) is 18.6 Å². The van der Waals surface area contributed by atoms with Gasteiger partial charge in [-0.15, -0.1) is 0 Å². The quantitative estimate of drug-likeness (QED) is 0.819. The molecule has 2 aliphatic rings.